The van der Waals surface area contributed by atoms with Crippen molar-refractivity contribution in [1.29, 1.82) is 0 Å². The minimum atomic E-state index is -1.12. The fourth-order valence-corrected chi connectivity index (χ4v) is 1.71. The van der Waals surface area contributed by atoms with Crippen molar-refractivity contribution in [3.63, 3.8) is 0 Å². The van der Waals surface area contributed by atoms with E-state index in [0.717, 1.165) is 25.8 Å². The maximum atomic E-state index is 10.7. The first kappa shape index (κ1) is 16.0. The molecule has 0 amide bonds. The van der Waals surface area contributed by atoms with E-state index >= 15 is 0 Å². The Bertz CT molecular complexity index is 448. The number of cyclic esters (lactones) is 2. The van der Waals surface area contributed by atoms with E-state index in [1.807, 2.05) is 0 Å². The number of aryl methyl sites for hydroxylation is 2. The highest BCUT2D eigenvalue weighted by molar-refractivity contribution is 5.79. The smallest absolute Gasteiger partial charge is 0.508 e. The van der Waals surface area contributed by atoms with Gasteiger partial charge >= 0.3 is 12.0 Å². The minimum Gasteiger partial charge on any atom is -0.538 e. The summed E-state index contributed by atoms with van der Waals surface area (Å²) in [5.41, 5.74) is 0. The Labute approximate surface area is 117 Å². The van der Waals surface area contributed by atoms with Crippen LogP contribution in [0.4, 0.5) is 4.79 Å². The number of aromatic nitrogens is 2. The fraction of sp³-hybridized carbons (Fsp3) is 0.615. The highest BCUT2D eigenvalue weighted by Crippen LogP contribution is 1.98. The molecule has 0 bridgehead atoms. The quantitative estimate of drug-likeness (QED) is 0.575. The third-order valence-electron chi connectivity index (χ3n) is 2.74. The van der Waals surface area contributed by atoms with Gasteiger partial charge in [-0.1, -0.05) is 13.3 Å². The van der Waals surface area contributed by atoms with Gasteiger partial charge in [-0.2, -0.15) is 0 Å². The Morgan fingerprint density at radius 1 is 1.45 bits per heavy atom. The van der Waals surface area contributed by atoms with Crippen LogP contribution in [-0.2, 0) is 23.1 Å². The first-order chi connectivity index (χ1) is 9.56. The summed E-state index contributed by atoms with van der Waals surface area (Å²) >= 11 is 0. The van der Waals surface area contributed by atoms with Gasteiger partial charge in [0.2, 0.25) is 0 Å². The number of rotatable bonds is 4. The van der Waals surface area contributed by atoms with Crippen molar-refractivity contribution in [1.82, 2.24) is 4.57 Å². The highest BCUT2D eigenvalue weighted by atomic mass is 16.7. The average molecular weight is 284 g/mol. The average Bonchev–Trinajstić information content (AvgIpc) is 2.79. The molecule has 0 N–H and O–H groups in total. The second-order valence-electron chi connectivity index (χ2n) is 4.37. The van der Waals surface area contributed by atoms with Gasteiger partial charge in [0.25, 0.3) is 0 Å². The van der Waals surface area contributed by atoms with Gasteiger partial charge in [-0.3, -0.25) is 0 Å². The maximum Gasteiger partial charge on any atom is 0.508 e. The summed E-state index contributed by atoms with van der Waals surface area (Å²) in [6.07, 6.45) is 5.81. The van der Waals surface area contributed by atoms with Crippen LogP contribution in [0, 0.1) is 0 Å². The molecule has 0 spiro atoms. The van der Waals surface area contributed by atoms with E-state index in [-0.39, 0.29) is 5.82 Å². The molecular formula is C13H20N2O5. The number of imidazole rings is 1. The standard InChI is InChI=1S/C9H14N2O2.C4H6O3/c1-3-4-5-11-7-6-10(2)8(11)9(12)13;5-4-6-2-1-3-7-4/h6-7H,3-5H2,1-2H3;1-3H2. The molecule has 1 saturated heterocycles. The van der Waals surface area contributed by atoms with E-state index in [2.05, 4.69) is 16.4 Å². The van der Waals surface area contributed by atoms with Crippen LogP contribution in [0.15, 0.2) is 12.4 Å². The number of carbonyl (C=O) groups excluding carboxylic acids is 2. The van der Waals surface area contributed by atoms with Crippen LogP contribution in [0.25, 0.3) is 0 Å². The van der Waals surface area contributed by atoms with E-state index in [1.54, 1.807) is 28.6 Å². The van der Waals surface area contributed by atoms with E-state index < -0.39 is 12.1 Å². The van der Waals surface area contributed by atoms with Crippen LogP contribution in [-0.4, -0.2) is 29.9 Å². The van der Waals surface area contributed by atoms with Crippen molar-refractivity contribution >= 4 is 12.1 Å². The Morgan fingerprint density at radius 3 is 2.55 bits per heavy atom. The molecule has 0 radical (unpaired) electrons. The van der Waals surface area contributed by atoms with Crippen LogP contribution >= 0.6 is 0 Å². The molecule has 2 rings (SSSR count). The van der Waals surface area contributed by atoms with Crippen LogP contribution in [0.1, 0.15) is 36.8 Å². The zero-order valence-electron chi connectivity index (χ0n) is 11.8. The predicted octanol–water partition coefficient (Wildman–Crippen LogP) is 0.0195. The topological polar surface area (TPSA) is 84.5 Å². The molecule has 7 heteroatoms. The molecule has 0 unspecified atom stereocenters. The third kappa shape index (κ3) is 4.91. The third-order valence-corrected chi connectivity index (χ3v) is 2.74. The van der Waals surface area contributed by atoms with Crippen LogP contribution < -0.4 is 9.67 Å². The lowest BCUT2D eigenvalue weighted by atomic mass is 10.3. The lowest BCUT2D eigenvalue weighted by molar-refractivity contribution is -0.675. The number of unbranched alkanes of at least 4 members (excludes halogenated alkanes) is 1. The molecule has 1 aromatic heterocycles. The lowest BCUT2D eigenvalue weighted by Crippen LogP contribution is -2.41. The Balaban J connectivity index is 0.000000240. The van der Waals surface area contributed by atoms with Gasteiger partial charge in [0.15, 0.2) is 5.97 Å². The zero-order chi connectivity index (χ0) is 15.0. The monoisotopic (exact) mass is 284 g/mol. The molecule has 0 saturated carbocycles. The number of ether oxygens (including phenoxy) is 2. The largest absolute Gasteiger partial charge is 0.538 e. The number of hydrogen-bond acceptors (Lipinski definition) is 5. The van der Waals surface area contributed by atoms with Gasteiger partial charge in [-0.25, -0.2) is 13.9 Å². The normalized spacial score (nSPS) is 13.8. The van der Waals surface area contributed by atoms with Crippen LogP contribution in [0.5, 0.6) is 0 Å². The number of carboxylic acid groups (broad SMARTS) is 1. The first-order valence-corrected chi connectivity index (χ1v) is 6.62. The van der Waals surface area contributed by atoms with Gasteiger partial charge < -0.3 is 19.4 Å². The van der Waals surface area contributed by atoms with Crippen LogP contribution in [0.2, 0.25) is 0 Å². The van der Waals surface area contributed by atoms with Crippen molar-refractivity contribution in [2.45, 2.75) is 32.7 Å². The second-order valence-corrected chi connectivity index (χ2v) is 4.37. The first-order valence-electron chi connectivity index (χ1n) is 6.62. The van der Waals surface area contributed by atoms with E-state index in [4.69, 9.17) is 0 Å². The summed E-state index contributed by atoms with van der Waals surface area (Å²) in [6, 6.07) is 0. The van der Waals surface area contributed by atoms with Crippen molar-refractivity contribution in [3.05, 3.63) is 18.2 Å². The van der Waals surface area contributed by atoms with E-state index in [0.29, 0.717) is 13.2 Å². The molecule has 1 aliphatic rings. The Kier molecular flexibility index (Phi) is 6.55. The van der Waals surface area contributed by atoms with Crippen molar-refractivity contribution < 1.29 is 28.7 Å². The summed E-state index contributed by atoms with van der Waals surface area (Å²) in [7, 11) is 1.70. The maximum absolute atomic E-state index is 10.7. The summed E-state index contributed by atoms with van der Waals surface area (Å²) in [6.45, 7) is 3.83. The zero-order valence-corrected chi connectivity index (χ0v) is 11.8. The molecule has 0 aliphatic carbocycles. The Hall–Kier alpha value is -2.05. The lowest BCUT2D eigenvalue weighted by Gasteiger charge is -2.09. The SMILES string of the molecule is CCCCn1cc[n+](C)c1C(=O)[O-].O=C1OCCCO1. The van der Waals surface area contributed by atoms with Gasteiger partial charge in [0, 0.05) is 6.42 Å². The predicted molar refractivity (Wildman–Crippen MR) is 66.8 cm³/mol. The number of carbonyl (C=O) groups is 2. The molecule has 0 atom stereocenters. The summed E-state index contributed by atoms with van der Waals surface area (Å²) in [5.74, 6) is -0.892. The van der Waals surface area contributed by atoms with E-state index in [1.165, 1.54) is 0 Å². The number of hydrogen-bond donors (Lipinski definition) is 0. The van der Waals surface area contributed by atoms with Gasteiger partial charge in [-0.05, 0) is 6.42 Å². The summed E-state index contributed by atoms with van der Waals surface area (Å²) in [5, 5.41) is 10.7. The molecule has 20 heavy (non-hydrogen) atoms. The molecule has 0 aromatic carbocycles. The molecular weight excluding hydrogens is 264 g/mol. The van der Waals surface area contributed by atoms with Crippen molar-refractivity contribution in [2.75, 3.05) is 13.2 Å². The van der Waals surface area contributed by atoms with Gasteiger partial charge in [0.1, 0.15) is 12.4 Å². The van der Waals surface area contributed by atoms with Gasteiger partial charge in [0.05, 0.1) is 26.8 Å². The van der Waals surface area contributed by atoms with Crippen molar-refractivity contribution in [3.8, 4) is 0 Å². The molecule has 1 fully saturated rings. The number of aromatic carboxylic acids is 1. The number of carboxylic acids is 1. The molecule has 7 nitrogen and oxygen atoms in total. The molecule has 112 valence electrons. The van der Waals surface area contributed by atoms with Gasteiger partial charge in [-0.15, -0.1) is 0 Å². The van der Waals surface area contributed by atoms with E-state index in [9.17, 15) is 14.7 Å². The molecule has 2 heterocycles. The van der Waals surface area contributed by atoms with Crippen molar-refractivity contribution in [2.24, 2.45) is 7.05 Å². The second kappa shape index (κ2) is 8.19. The highest BCUT2D eigenvalue weighted by Gasteiger charge is 2.14. The molecule has 1 aliphatic heterocycles. The summed E-state index contributed by atoms with van der Waals surface area (Å²) < 4.78 is 12.1. The molecule has 1 aromatic rings. The number of nitrogens with zero attached hydrogens (tertiary/aromatic N) is 2. The summed E-state index contributed by atoms with van der Waals surface area (Å²) in [4.78, 5) is 20.7. The minimum absolute atomic E-state index is 0.230. The Morgan fingerprint density at radius 2 is 2.10 bits per heavy atom. The fourth-order valence-electron chi connectivity index (χ4n) is 1.71. The van der Waals surface area contributed by atoms with Crippen LogP contribution in [0.3, 0.4) is 0 Å².